The first-order valence-electron chi connectivity index (χ1n) is 8.60. The number of carbonyl (C=O) groups is 2. The van der Waals surface area contributed by atoms with Gasteiger partial charge in [-0.2, -0.15) is 0 Å². The summed E-state index contributed by atoms with van der Waals surface area (Å²) in [6.07, 6.45) is 1.35. The molecule has 2 aromatic carbocycles. The van der Waals surface area contributed by atoms with Crippen molar-refractivity contribution in [3.05, 3.63) is 69.2 Å². The van der Waals surface area contributed by atoms with Crippen LogP contribution in [0.3, 0.4) is 0 Å². The number of amides is 2. The summed E-state index contributed by atoms with van der Waals surface area (Å²) in [5.41, 5.74) is 1.58. The molecular formula is C20H20BrClN2O2. The molecule has 0 unspecified atom stereocenters. The van der Waals surface area contributed by atoms with Crippen LogP contribution in [0.2, 0.25) is 5.02 Å². The number of nitrogens with one attached hydrogen (secondary N) is 1. The molecule has 1 heterocycles. The Morgan fingerprint density at radius 2 is 1.73 bits per heavy atom. The Bertz CT molecular complexity index is 787. The van der Waals surface area contributed by atoms with Crippen molar-refractivity contribution >= 4 is 39.3 Å². The van der Waals surface area contributed by atoms with E-state index in [0.29, 0.717) is 43.1 Å². The van der Waals surface area contributed by atoms with Gasteiger partial charge in [-0.1, -0.05) is 45.7 Å². The van der Waals surface area contributed by atoms with E-state index in [2.05, 4.69) is 21.2 Å². The van der Waals surface area contributed by atoms with Gasteiger partial charge in [0.05, 0.1) is 0 Å². The van der Waals surface area contributed by atoms with Gasteiger partial charge in [-0.3, -0.25) is 9.59 Å². The quantitative estimate of drug-likeness (QED) is 0.779. The number of halogens is 2. The van der Waals surface area contributed by atoms with Crippen molar-refractivity contribution in [1.29, 1.82) is 0 Å². The molecular weight excluding hydrogens is 416 g/mol. The number of carbonyl (C=O) groups excluding carboxylic acids is 2. The third kappa shape index (κ3) is 4.65. The van der Waals surface area contributed by atoms with Crippen molar-refractivity contribution in [2.45, 2.75) is 19.4 Å². The standard InChI is InChI=1S/C20H20BrClN2O2/c21-17-7-5-15(6-8-17)20(26)24-11-9-14(10-12-24)19(25)23-13-16-3-1-2-4-18(16)22/h1-8,14H,9-13H2,(H,23,25). The highest BCUT2D eigenvalue weighted by Crippen LogP contribution is 2.21. The molecule has 1 aliphatic heterocycles. The monoisotopic (exact) mass is 434 g/mol. The van der Waals surface area contributed by atoms with Gasteiger partial charge >= 0.3 is 0 Å². The smallest absolute Gasteiger partial charge is 0.253 e. The Balaban J connectivity index is 1.50. The van der Waals surface area contributed by atoms with Crippen LogP contribution < -0.4 is 5.32 Å². The lowest BCUT2D eigenvalue weighted by Gasteiger charge is -2.31. The second kappa shape index (κ2) is 8.69. The van der Waals surface area contributed by atoms with E-state index in [0.717, 1.165) is 10.0 Å². The minimum atomic E-state index is -0.0635. The molecule has 1 aliphatic rings. The molecule has 0 saturated carbocycles. The first-order chi connectivity index (χ1) is 12.5. The molecule has 1 N–H and O–H groups in total. The molecule has 0 bridgehead atoms. The highest BCUT2D eigenvalue weighted by Gasteiger charge is 2.27. The Kier molecular flexibility index (Phi) is 6.33. The van der Waals surface area contributed by atoms with E-state index < -0.39 is 0 Å². The van der Waals surface area contributed by atoms with Crippen molar-refractivity contribution in [3.8, 4) is 0 Å². The third-order valence-electron chi connectivity index (χ3n) is 4.66. The van der Waals surface area contributed by atoms with Crippen molar-refractivity contribution in [1.82, 2.24) is 10.2 Å². The summed E-state index contributed by atoms with van der Waals surface area (Å²) < 4.78 is 0.947. The Morgan fingerprint density at radius 1 is 1.08 bits per heavy atom. The zero-order valence-electron chi connectivity index (χ0n) is 14.3. The maximum Gasteiger partial charge on any atom is 0.253 e. The van der Waals surface area contributed by atoms with E-state index >= 15 is 0 Å². The number of likely N-dealkylation sites (tertiary alicyclic amines) is 1. The fraction of sp³-hybridized carbons (Fsp3) is 0.300. The number of hydrogen-bond donors (Lipinski definition) is 1. The summed E-state index contributed by atoms with van der Waals surface area (Å²) in [7, 11) is 0. The van der Waals surface area contributed by atoms with Crippen LogP contribution in [0.5, 0.6) is 0 Å². The second-order valence-electron chi connectivity index (χ2n) is 6.38. The Morgan fingerprint density at radius 3 is 2.38 bits per heavy atom. The molecule has 0 spiro atoms. The van der Waals surface area contributed by atoms with E-state index in [9.17, 15) is 9.59 Å². The molecule has 136 valence electrons. The van der Waals surface area contributed by atoms with Crippen LogP contribution in [0.4, 0.5) is 0 Å². The molecule has 3 rings (SSSR count). The van der Waals surface area contributed by atoms with E-state index in [4.69, 9.17) is 11.6 Å². The SMILES string of the molecule is O=C(NCc1ccccc1Cl)C1CCN(C(=O)c2ccc(Br)cc2)CC1. The van der Waals surface area contributed by atoms with Crippen LogP contribution in [0.1, 0.15) is 28.8 Å². The van der Waals surface area contributed by atoms with Crippen LogP contribution in [0.25, 0.3) is 0 Å². The lowest BCUT2D eigenvalue weighted by atomic mass is 9.95. The van der Waals surface area contributed by atoms with E-state index in [1.165, 1.54) is 0 Å². The summed E-state index contributed by atoms with van der Waals surface area (Å²) in [6.45, 7) is 1.62. The van der Waals surface area contributed by atoms with Crippen molar-refractivity contribution in [2.75, 3.05) is 13.1 Å². The van der Waals surface area contributed by atoms with E-state index in [1.807, 2.05) is 53.4 Å². The average molecular weight is 436 g/mol. The van der Waals surface area contributed by atoms with Gasteiger partial charge in [0.25, 0.3) is 5.91 Å². The van der Waals surface area contributed by atoms with Gasteiger partial charge in [-0.15, -0.1) is 0 Å². The summed E-state index contributed by atoms with van der Waals surface area (Å²) in [6, 6.07) is 14.8. The van der Waals surface area contributed by atoms with Gasteiger partial charge in [0.2, 0.25) is 5.91 Å². The molecule has 2 amide bonds. The fourth-order valence-electron chi connectivity index (χ4n) is 3.09. The fourth-order valence-corrected chi connectivity index (χ4v) is 3.56. The molecule has 1 fully saturated rings. The zero-order chi connectivity index (χ0) is 18.5. The van der Waals surface area contributed by atoms with Crippen LogP contribution in [-0.4, -0.2) is 29.8 Å². The van der Waals surface area contributed by atoms with Gasteiger partial charge in [0.15, 0.2) is 0 Å². The van der Waals surface area contributed by atoms with Gasteiger partial charge in [0, 0.05) is 40.6 Å². The Labute approximate surface area is 166 Å². The summed E-state index contributed by atoms with van der Waals surface area (Å²) in [5, 5.41) is 3.61. The molecule has 6 heteroatoms. The van der Waals surface area contributed by atoms with E-state index in [-0.39, 0.29) is 17.7 Å². The second-order valence-corrected chi connectivity index (χ2v) is 7.71. The van der Waals surface area contributed by atoms with Crippen LogP contribution in [-0.2, 0) is 11.3 Å². The number of benzene rings is 2. The van der Waals surface area contributed by atoms with Gasteiger partial charge < -0.3 is 10.2 Å². The van der Waals surface area contributed by atoms with Gasteiger partial charge in [-0.05, 0) is 48.7 Å². The van der Waals surface area contributed by atoms with Crippen LogP contribution in [0.15, 0.2) is 53.0 Å². The largest absolute Gasteiger partial charge is 0.352 e. The van der Waals surface area contributed by atoms with Crippen LogP contribution in [0, 0.1) is 5.92 Å². The number of hydrogen-bond acceptors (Lipinski definition) is 2. The maximum absolute atomic E-state index is 12.5. The first-order valence-corrected chi connectivity index (χ1v) is 9.77. The first kappa shape index (κ1) is 18.9. The lowest BCUT2D eigenvalue weighted by Crippen LogP contribution is -2.42. The van der Waals surface area contributed by atoms with Gasteiger partial charge in [0.1, 0.15) is 0 Å². The number of rotatable bonds is 4. The molecule has 26 heavy (non-hydrogen) atoms. The lowest BCUT2D eigenvalue weighted by molar-refractivity contribution is -0.126. The molecule has 0 aliphatic carbocycles. The van der Waals surface area contributed by atoms with Crippen LogP contribution >= 0.6 is 27.5 Å². The summed E-state index contributed by atoms with van der Waals surface area (Å²) >= 11 is 9.49. The highest BCUT2D eigenvalue weighted by molar-refractivity contribution is 9.10. The normalized spacial score (nSPS) is 14.9. The minimum absolute atomic E-state index is 0.0208. The molecule has 0 radical (unpaired) electrons. The van der Waals surface area contributed by atoms with Crippen molar-refractivity contribution in [2.24, 2.45) is 5.92 Å². The summed E-state index contributed by atoms with van der Waals surface area (Å²) in [4.78, 5) is 26.8. The van der Waals surface area contributed by atoms with E-state index in [1.54, 1.807) is 0 Å². The Hall–Kier alpha value is -1.85. The maximum atomic E-state index is 12.5. The number of nitrogens with zero attached hydrogens (tertiary/aromatic N) is 1. The number of piperidine rings is 1. The molecule has 1 saturated heterocycles. The molecule has 2 aromatic rings. The molecule has 0 aromatic heterocycles. The summed E-state index contributed by atoms with van der Waals surface area (Å²) in [5.74, 6) is -0.0143. The topological polar surface area (TPSA) is 49.4 Å². The minimum Gasteiger partial charge on any atom is -0.352 e. The third-order valence-corrected chi connectivity index (χ3v) is 5.55. The van der Waals surface area contributed by atoms with Gasteiger partial charge in [-0.25, -0.2) is 0 Å². The molecule has 4 nitrogen and oxygen atoms in total. The predicted octanol–water partition coefficient (Wildman–Crippen LogP) is 4.27. The zero-order valence-corrected chi connectivity index (χ0v) is 16.6. The predicted molar refractivity (Wildman–Crippen MR) is 106 cm³/mol. The molecule has 0 atom stereocenters. The van der Waals surface area contributed by atoms with Crippen molar-refractivity contribution < 1.29 is 9.59 Å². The highest BCUT2D eigenvalue weighted by atomic mass is 79.9. The van der Waals surface area contributed by atoms with Crippen molar-refractivity contribution in [3.63, 3.8) is 0 Å². The average Bonchev–Trinajstić information content (AvgIpc) is 2.67.